The molecule has 0 spiro atoms. The van der Waals surface area contributed by atoms with E-state index < -0.39 is 5.60 Å². The number of aliphatic hydroxyl groups is 1. The predicted octanol–water partition coefficient (Wildman–Crippen LogP) is 4.12. The number of likely N-dealkylation sites (tertiary alicyclic amines) is 1. The van der Waals surface area contributed by atoms with E-state index in [0.29, 0.717) is 44.0 Å². The summed E-state index contributed by atoms with van der Waals surface area (Å²) in [6.07, 6.45) is 8.38. The molecule has 1 N–H and O–H groups in total. The number of piperazine rings is 1. The Morgan fingerprint density at radius 3 is 2.45 bits per heavy atom. The predicted molar refractivity (Wildman–Crippen MR) is 148 cm³/mol. The summed E-state index contributed by atoms with van der Waals surface area (Å²) in [4.78, 5) is 19.7. The third-order valence-electron chi connectivity index (χ3n) is 8.93. The van der Waals surface area contributed by atoms with Crippen molar-refractivity contribution >= 4 is 23.5 Å². The molecule has 3 saturated heterocycles. The van der Waals surface area contributed by atoms with E-state index in [-0.39, 0.29) is 17.8 Å². The number of amides is 1. The minimum atomic E-state index is -0.837. The van der Waals surface area contributed by atoms with E-state index in [0.717, 1.165) is 31.7 Å². The fourth-order valence-electron chi connectivity index (χ4n) is 6.65. The summed E-state index contributed by atoms with van der Waals surface area (Å²) >= 11 is 0. The number of carbonyl (C=O) groups is 1. The first kappa shape index (κ1) is 25.3. The van der Waals surface area contributed by atoms with Crippen LogP contribution in [-0.2, 0) is 0 Å². The van der Waals surface area contributed by atoms with Crippen molar-refractivity contribution in [2.24, 2.45) is 5.10 Å². The second-order valence-electron chi connectivity index (χ2n) is 11.4. The number of hydrazone groups is 1. The number of carbonyl (C=O) groups excluding carboxylic acids is 1. The lowest BCUT2D eigenvalue weighted by molar-refractivity contribution is -0.0268. The fraction of sp³-hybridized carbons (Fsp3) is 0.533. The highest BCUT2D eigenvalue weighted by Gasteiger charge is 2.39. The topological polar surface area (TPSA) is 62.6 Å². The van der Waals surface area contributed by atoms with E-state index in [9.17, 15) is 14.3 Å². The number of fused-ring (bicyclic) bond motifs is 1. The Morgan fingerprint density at radius 1 is 0.947 bits per heavy atom. The van der Waals surface area contributed by atoms with Crippen molar-refractivity contribution in [2.45, 2.75) is 62.6 Å². The number of nitrogens with zero attached hydrogens (tertiary/aromatic N) is 5. The largest absolute Gasteiger partial charge is 0.390 e. The zero-order valence-electron chi connectivity index (χ0n) is 22.0. The van der Waals surface area contributed by atoms with Crippen molar-refractivity contribution in [2.75, 3.05) is 49.2 Å². The van der Waals surface area contributed by atoms with Crippen LogP contribution in [0, 0.1) is 5.82 Å². The van der Waals surface area contributed by atoms with Crippen LogP contribution in [0.5, 0.6) is 0 Å². The van der Waals surface area contributed by atoms with Crippen molar-refractivity contribution in [1.29, 1.82) is 0 Å². The Morgan fingerprint density at radius 2 is 1.68 bits per heavy atom. The zero-order chi connectivity index (χ0) is 26.1. The van der Waals surface area contributed by atoms with Crippen molar-refractivity contribution in [3.63, 3.8) is 0 Å². The summed E-state index contributed by atoms with van der Waals surface area (Å²) in [6.45, 7) is 5.56. The van der Waals surface area contributed by atoms with Gasteiger partial charge in [0.25, 0.3) is 5.91 Å². The lowest BCUT2D eigenvalue weighted by Gasteiger charge is -2.45. The first-order valence-corrected chi connectivity index (χ1v) is 14.2. The Balaban J connectivity index is 1.05. The summed E-state index contributed by atoms with van der Waals surface area (Å²) < 4.78 is 13.2. The fourth-order valence-corrected chi connectivity index (χ4v) is 6.65. The number of anilines is 2. The standard InChI is InChI=1S/C30H38FN5O2/c31-24-6-4-23(5-7-24)29(37)34-17-13-30(38,14-18-34)21-27-12-15-32-36(27)26-10-8-25(9-11-26)35-20-19-33-16-2-1-3-28(33)22-35/h4-11,15,27-28,38H,1-3,12-14,16-22H2/t27-,28?/m1/s1. The normalized spacial score (nSPS) is 25.5. The van der Waals surface area contributed by atoms with Gasteiger partial charge >= 0.3 is 0 Å². The third-order valence-corrected chi connectivity index (χ3v) is 8.93. The third kappa shape index (κ3) is 5.29. The first-order valence-electron chi connectivity index (χ1n) is 14.2. The molecule has 4 aliphatic heterocycles. The van der Waals surface area contributed by atoms with Crippen LogP contribution in [0.1, 0.15) is 55.3 Å². The number of benzene rings is 2. The van der Waals surface area contributed by atoms with E-state index in [1.165, 1.54) is 55.8 Å². The lowest BCUT2D eigenvalue weighted by Crippen LogP contribution is -2.54. The molecule has 0 radical (unpaired) electrons. The van der Waals surface area contributed by atoms with E-state index in [1.807, 2.05) is 6.21 Å². The lowest BCUT2D eigenvalue weighted by atomic mass is 9.84. The molecular formula is C30H38FN5O2. The second kappa shape index (κ2) is 10.7. The minimum Gasteiger partial charge on any atom is -0.390 e. The SMILES string of the molecule is O=C(c1ccc(F)cc1)N1CCC(O)(C[C@H]2CC=NN2c2ccc(N3CCN4CCCCC4C3)cc2)CC1. The van der Waals surface area contributed by atoms with Crippen LogP contribution in [0.2, 0.25) is 0 Å². The first-order chi connectivity index (χ1) is 18.5. The highest BCUT2D eigenvalue weighted by Crippen LogP contribution is 2.34. The molecule has 0 saturated carbocycles. The van der Waals surface area contributed by atoms with Gasteiger partial charge in [0.05, 0.1) is 17.3 Å². The van der Waals surface area contributed by atoms with Gasteiger partial charge in [0.15, 0.2) is 0 Å². The molecule has 202 valence electrons. The molecule has 6 rings (SSSR count). The highest BCUT2D eigenvalue weighted by molar-refractivity contribution is 5.94. The van der Waals surface area contributed by atoms with Gasteiger partial charge in [-0.2, -0.15) is 5.10 Å². The maximum absolute atomic E-state index is 13.2. The van der Waals surface area contributed by atoms with Gasteiger partial charge in [0.1, 0.15) is 5.82 Å². The number of rotatable bonds is 5. The monoisotopic (exact) mass is 519 g/mol. The minimum absolute atomic E-state index is 0.0935. The molecule has 3 fully saturated rings. The average molecular weight is 520 g/mol. The van der Waals surface area contributed by atoms with E-state index in [4.69, 9.17) is 0 Å². The van der Waals surface area contributed by atoms with Gasteiger partial charge < -0.3 is 14.9 Å². The van der Waals surface area contributed by atoms with Gasteiger partial charge in [-0.1, -0.05) is 6.42 Å². The van der Waals surface area contributed by atoms with Gasteiger partial charge in [0, 0.05) is 62.7 Å². The summed E-state index contributed by atoms with van der Waals surface area (Å²) in [5, 5.41) is 18.1. The van der Waals surface area contributed by atoms with Gasteiger partial charge in [0.2, 0.25) is 0 Å². The number of hydrogen-bond acceptors (Lipinski definition) is 6. The van der Waals surface area contributed by atoms with Crippen LogP contribution in [0.3, 0.4) is 0 Å². The maximum Gasteiger partial charge on any atom is 0.253 e. The van der Waals surface area contributed by atoms with Gasteiger partial charge in [-0.05, 0) is 87.2 Å². The van der Waals surface area contributed by atoms with Gasteiger partial charge in [-0.25, -0.2) is 4.39 Å². The molecule has 0 aliphatic carbocycles. The number of piperidine rings is 2. The molecule has 1 amide bonds. The average Bonchev–Trinajstić information content (AvgIpc) is 3.41. The van der Waals surface area contributed by atoms with E-state index in [1.54, 1.807) is 4.90 Å². The second-order valence-corrected chi connectivity index (χ2v) is 11.4. The Bertz CT molecular complexity index is 1150. The van der Waals surface area contributed by atoms with Gasteiger partial charge in [-0.3, -0.25) is 14.7 Å². The molecule has 2 aromatic carbocycles. The van der Waals surface area contributed by atoms with Crippen LogP contribution in [-0.4, -0.2) is 84.0 Å². The summed E-state index contributed by atoms with van der Waals surface area (Å²) in [7, 11) is 0. The number of hydrogen-bond donors (Lipinski definition) is 1. The molecule has 2 atom stereocenters. The Hall–Kier alpha value is -2.97. The molecule has 38 heavy (non-hydrogen) atoms. The number of halogens is 1. The molecule has 2 aromatic rings. The molecule has 1 unspecified atom stereocenters. The van der Waals surface area contributed by atoms with Crippen LogP contribution in [0.15, 0.2) is 53.6 Å². The van der Waals surface area contributed by atoms with E-state index in [2.05, 4.69) is 44.2 Å². The molecule has 8 heteroatoms. The van der Waals surface area contributed by atoms with Crippen molar-refractivity contribution in [3.05, 3.63) is 59.9 Å². The van der Waals surface area contributed by atoms with Crippen molar-refractivity contribution in [3.8, 4) is 0 Å². The van der Waals surface area contributed by atoms with Gasteiger partial charge in [-0.15, -0.1) is 0 Å². The molecule has 4 heterocycles. The van der Waals surface area contributed by atoms with Crippen LogP contribution >= 0.6 is 0 Å². The van der Waals surface area contributed by atoms with E-state index >= 15 is 0 Å². The molecule has 7 nitrogen and oxygen atoms in total. The van der Waals surface area contributed by atoms with Crippen molar-refractivity contribution in [1.82, 2.24) is 9.80 Å². The van der Waals surface area contributed by atoms with Crippen LogP contribution < -0.4 is 9.91 Å². The maximum atomic E-state index is 13.2. The Labute approximate surface area is 224 Å². The molecule has 0 aromatic heterocycles. The summed E-state index contributed by atoms with van der Waals surface area (Å²) in [5.74, 6) is -0.460. The molecule has 0 bridgehead atoms. The van der Waals surface area contributed by atoms with Crippen LogP contribution in [0.4, 0.5) is 15.8 Å². The zero-order valence-corrected chi connectivity index (χ0v) is 22.0. The quantitative estimate of drug-likeness (QED) is 0.644. The Kier molecular flexibility index (Phi) is 7.10. The van der Waals surface area contributed by atoms with Crippen molar-refractivity contribution < 1.29 is 14.3 Å². The molecular weight excluding hydrogens is 481 g/mol. The highest BCUT2D eigenvalue weighted by atomic mass is 19.1. The molecule has 4 aliphatic rings. The summed E-state index contributed by atoms with van der Waals surface area (Å²) in [5.41, 5.74) is 1.97. The smallest absolute Gasteiger partial charge is 0.253 e. The van der Waals surface area contributed by atoms with Crippen LogP contribution in [0.25, 0.3) is 0 Å². The summed E-state index contributed by atoms with van der Waals surface area (Å²) in [6, 6.07) is 15.2.